The summed E-state index contributed by atoms with van der Waals surface area (Å²) in [4.78, 5) is 10.4. The van der Waals surface area contributed by atoms with E-state index in [1.54, 1.807) is 30.3 Å². The average molecular weight is 292 g/mol. The number of carbonyl (C=O) groups is 1. The molecule has 0 aromatic heterocycles. The second kappa shape index (κ2) is 5.44. The summed E-state index contributed by atoms with van der Waals surface area (Å²) in [6, 6.07) is 11.2. The summed E-state index contributed by atoms with van der Waals surface area (Å²) in [7, 11) is -2.93. The van der Waals surface area contributed by atoms with E-state index in [-0.39, 0.29) is 5.56 Å². The molecule has 0 saturated heterocycles. The number of hydrogen-bond acceptors (Lipinski definition) is 4. The topological polar surface area (TPSA) is 80.7 Å². The SMILES string of the molecule is COc1cccc(-c2ccc(C=O)c(S(=O)(=O)O)c2)c1. The third kappa shape index (κ3) is 2.87. The molecule has 2 rings (SSSR count). The van der Waals surface area contributed by atoms with Gasteiger partial charge in [0, 0.05) is 5.56 Å². The van der Waals surface area contributed by atoms with Gasteiger partial charge in [-0.3, -0.25) is 9.35 Å². The number of hydrogen-bond donors (Lipinski definition) is 1. The summed E-state index contributed by atoms with van der Waals surface area (Å²) in [5.41, 5.74) is 1.19. The molecule has 0 heterocycles. The zero-order valence-corrected chi connectivity index (χ0v) is 11.4. The molecular weight excluding hydrogens is 280 g/mol. The third-order valence-corrected chi connectivity index (χ3v) is 3.73. The highest BCUT2D eigenvalue weighted by molar-refractivity contribution is 7.86. The van der Waals surface area contributed by atoms with Gasteiger partial charge in [0.15, 0.2) is 6.29 Å². The van der Waals surface area contributed by atoms with Crippen LogP contribution in [0.1, 0.15) is 10.4 Å². The highest BCUT2D eigenvalue weighted by Gasteiger charge is 2.16. The molecule has 104 valence electrons. The lowest BCUT2D eigenvalue weighted by Crippen LogP contribution is -2.03. The normalized spacial score (nSPS) is 11.1. The van der Waals surface area contributed by atoms with E-state index in [9.17, 15) is 13.2 Å². The van der Waals surface area contributed by atoms with Crippen molar-refractivity contribution < 1.29 is 22.5 Å². The fourth-order valence-corrected chi connectivity index (χ4v) is 2.53. The Hall–Kier alpha value is -2.18. The lowest BCUT2D eigenvalue weighted by Gasteiger charge is -2.07. The molecule has 2 aromatic rings. The smallest absolute Gasteiger partial charge is 0.295 e. The predicted molar refractivity (Wildman–Crippen MR) is 73.6 cm³/mol. The highest BCUT2D eigenvalue weighted by Crippen LogP contribution is 2.27. The van der Waals surface area contributed by atoms with Gasteiger partial charge in [0.2, 0.25) is 0 Å². The van der Waals surface area contributed by atoms with Gasteiger partial charge in [0.05, 0.1) is 7.11 Å². The van der Waals surface area contributed by atoms with Crippen molar-refractivity contribution in [2.45, 2.75) is 4.90 Å². The molecule has 0 fully saturated rings. The van der Waals surface area contributed by atoms with Crippen molar-refractivity contribution in [3.05, 3.63) is 48.0 Å². The maximum atomic E-state index is 11.3. The Kier molecular flexibility index (Phi) is 3.87. The zero-order chi connectivity index (χ0) is 14.8. The van der Waals surface area contributed by atoms with Crippen LogP contribution < -0.4 is 4.74 Å². The van der Waals surface area contributed by atoms with Crippen molar-refractivity contribution in [3.8, 4) is 16.9 Å². The zero-order valence-electron chi connectivity index (χ0n) is 10.6. The fourth-order valence-electron chi connectivity index (χ4n) is 1.84. The van der Waals surface area contributed by atoms with Crippen LogP contribution in [0.15, 0.2) is 47.4 Å². The lowest BCUT2D eigenvalue weighted by molar-refractivity contribution is 0.112. The molecule has 0 bridgehead atoms. The van der Waals surface area contributed by atoms with Gasteiger partial charge >= 0.3 is 0 Å². The Morgan fingerprint density at radius 3 is 2.40 bits per heavy atom. The molecular formula is C14H12O5S. The maximum Gasteiger partial charge on any atom is 0.295 e. The van der Waals surface area contributed by atoms with Gasteiger partial charge in [-0.2, -0.15) is 8.42 Å². The van der Waals surface area contributed by atoms with Gasteiger partial charge in [-0.1, -0.05) is 18.2 Å². The van der Waals surface area contributed by atoms with Crippen LogP contribution >= 0.6 is 0 Å². The Labute approximate surface area is 116 Å². The molecule has 0 spiro atoms. The third-order valence-electron chi connectivity index (χ3n) is 2.82. The van der Waals surface area contributed by atoms with Crippen LogP contribution in [0.2, 0.25) is 0 Å². The standard InChI is InChI=1S/C14H12O5S/c1-19-13-4-2-3-10(7-13)11-5-6-12(9-15)14(8-11)20(16,17)18/h2-9H,1H3,(H,16,17,18). The predicted octanol–water partition coefficient (Wildman–Crippen LogP) is 2.42. The summed E-state index contributed by atoms with van der Waals surface area (Å²) in [5, 5.41) is 0. The van der Waals surface area contributed by atoms with Crippen LogP contribution in [0.5, 0.6) is 5.75 Å². The molecule has 20 heavy (non-hydrogen) atoms. The number of methoxy groups -OCH3 is 1. The summed E-state index contributed by atoms with van der Waals surface area (Å²) < 4.78 is 36.8. The molecule has 0 unspecified atom stereocenters. The van der Waals surface area contributed by atoms with Crippen molar-refractivity contribution >= 4 is 16.4 Å². The highest BCUT2D eigenvalue weighted by atomic mass is 32.2. The molecule has 0 saturated carbocycles. The minimum Gasteiger partial charge on any atom is -0.497 e. The summed E-state index contributed by atoms with van der Waals surface area (Å²) in [5.74, 6) is 0.621. The number of benzene rings is 2. The number of ether oxygens (including phenoxy) is 1. The molecule has 0 amide bonds. The van der Waals surface area contributed by atoms with Gasteiger partial charge < -0.3 is 4.74 Å². The van der Waals surface area contributed by atoms with Crippen molar-refractivity contribution in [3.63, 3.8) is 0 Å². The van der Waals surface area contributed by atoms with E-state index in [0.29, 0.717) is 23.2 Å². The van der Waals surface area contributed by atoms with Crippen LogP contribution in [0.25, 0.3) is 11.1 Å². The molecule has 6 heteroatoms. The van der Waals surface area contributed by atoms with Crippen molar-refractivity contribution in [2.75, 3.05) is 7.11 Å². The monoisotopic (exact) mass is 292 g/mol. The summed E-state index contributed by atoms with van der Waals surface area (Å²) in [6.07, 6.45) is 0.387. The van der Waals surface area contributed by atoms with E-state index in [4.69, 9.17) is 9.29 Å². The van der Waals surface area contributed by atoms with E-state index in [2.05, 4.69) is 0 Å². The second-order valence-electron chi connectivity index (χ2n) is 4.08. The summed E-state index contributed by atoms with van der Waals surface area (Å²) >= 11 is 0. The van der Waals surface area contributed by atoms with Crippen LogP contribution in [-0.4, -0.2) is 26.4 Å². The lowest BCUT2D eigenvalue weighted by atomic mass is 10.0. The number of carbonyl (C=O) groups excluding carboxylic acids is 1. The quantitative estimate of drug-likeness (QED) is 0.691. The van der Waals surface area contributed by atoms with E-state index < -0.39 is 15.0 Å². The molecule has 0 aliphatic heterocycles. The molecule has 0 radical (unpaired) electrons. The number of rotatable bonds is 4. The van der Waals surface area contributed by atoms with Gasteiger partial charge in [0.1, 0.15) is 10.6 Å². The van der Waals surface area contributed by atoms with Crippen LogP contribution in [0.4, 0.5) is 0 Å². The van der Waals surface area contributed by atoms with Gasteiger partial charge in [-0.25, -0.2) is 0 Å². The molecule has 0 atom stereocenters. The van der Waals surface area contributed by atoms with Gasteiger partial charge in [0.25, 0.3) is 10.1 Å². The molecule has 0 aliphatic rings. The Balaban J connectivity index is 2.61. The molecule has 1 N–H and O–H groups in total. The molecule has 5 nitrogen and oxygen atoms in total. The molecule has 2 aromatic carbocycles. The molecule has 0 aliphatic carbocycles. The van der Waals surface area contributed by atoms with Gasteiger partial charge in [-0.05, 0) is 35.4 Å². The van der Waals surface area contributed by atoms with E-state index >= 15 is 0 Å². The van der Waals surface area contributed by atoms with Gasteiger partial charge in [-0.15, -0.1) is 0 Å². The summed E-state index contributed by atoms with van der Waals surface area (Å²) in [6.45, 7) is 0. The minimum absolute atomic E-state index is 0.0841. The first-order valence-electron chi connectivity index (χ1n) is 5.67. The Morgan fingerprint density at radius 1 is 1.10 bits per heavy atom. The van der Waals surface area contributed by atoms with E-state index in [1.807, 2.05) is 0 Å². The maximum absolute atomic E-state index is 11.3. The Morgan fingerprint density at radius 2 is 1.80 bits per heavy atom. The second-order valence-corrected chi connectivity index (χ2v) is 5.47. The fraction of sp³-hybridized carbons (Fsp3) is 0.0714. The number of aldehydes is 1. The van der Waals surface area contributed by atoms with Crippen molar-refractivity contribution in [2.24, 2.45) is 0 Å². The van der Waals surface area contributed by atoms with Crippen LogP contribution in [0, 0.1) is 0 Å². The van der Waals surface area contributed by atoms with E-state index in [1.165, 1.54) is 19.2 Å². The largest absolute Gasteiger partial charge is 0.497 e. The van der Waals surface area contributed by atoms with Crippen LogP contribution in [0.3, 0.4) is 0 Å². The average Bonchev–Trinajstić information content (AvgIpc) is 2.45. The van der Waals surface area contributed by atoms with Crippen LogP contribution in [-0.2, 0) is 10.1 Å². The van der Waals surface area contributed by atoms with Crippen molar-refractivity contribution in [1.29, 1.82) is 0 Å². The Bertz CT molecular complexity index is 750. The first kappa shape index (κ1) is 14.2. The van der Waals surface area contributed by atoms with E-state index in [0.717, 1.165) is 0 Å². The van der Waals surface area contributed by atoms with Crippen molar-refractivity contribution in [1.82, 2.24) is 0 Å². The minimum atomic E-state index is -4.45. The first-order chi connectivity index (χ1) is 9.45. The first-order valence-corrected chi connectivity index (χ1v) is 7.11.